The molecule has 5 nitrogen and oxygen atoms in total. The summed E-state index contributed by atoms with van der Waals surface area (Å²) in [6.45, 7) is 3.51. The van der Waals surface area contributed by atoms with Crippen LogP contribution in [0.2, 0.25) is 0 Å². The summed E-state index contributed by atoms with van der Waals surface area (Å²) in [5.74, 6) is 0.257. The van der Waals surface area contributed by atoms with Gasteiger partial charge >= 0.3 is 5.97 Å². The fourth-order valence-electron chi connectivity index (χ4n) is 2.31. The molecule has 0 saturated carbocycles. The number of nitrogens with zero attached hydrogens (tertiary/aromatic N) is 1. The maximum atomic E-state index is 11.6. The van der Waals surface area contributed by atoms with Crippen molar-refractivity contribution in [1.29, 1.82) is 0 Å². The largest absolute Gasteiger partial charge is 0.491 e. The van der Waals surface area contributed by atoms with Gasteiger partial charge in [-0.05, 0) is 32.0 Å². The Kier molecular flexibility index (Phi) is 4.43. The Bertz CT molecular complexity index is 640. The van der Waals surface area contributed by atoms with Crippen molar-refractivity contribution in [3.8, 4) is 5.75 Å². The molecule has 112 valence electrons. The summed E-state index contributed by atoms with van der Waals surface area (Å²) < 4.78 is 10.5. The molecule has 0 saturated heterocycles. The number of rotatable bonds is 5. The molecule has 0 aliphatic carbocycles. The molecule has 1 heterocycles. The molecule has 2 unspecified atom stereocenters. The van der Waals surface area contributed by atoms with E-state index < -0.39 is 11.5 Å². The number of hydrogen-bond acceptors (Lipinski definition) is 5. The van der Waals surface area contributed by atoms with Gasteiger partial charge in [-0.15, -0.1) is 0 Å². The molecule has 2 atom stereocenters. The number of esters is 1. The standard InChI is InChI=1S/C16H20N2O3/c1-11(10-16(2,17)15(19)20-3)21-13-7-6-12-5-4-8-18-14(12)9-13/h4-9,11H,10,17H2,1-3H3. The van der Waals surface area contributed by atoms with Crippen molar-refractivity contribution >= 4 is 16.9 Å². The highest BCUT2D eigenvalue weighted by Crippen LogP contribution is 2.22. The second-order valence-electron chi connectivity index (χ2n) is 5.40. The number of hydrogen-bond donors (Lipinski definition) is 1. The Labute approximate surface area is 124 Å². The first-order chi connectivity index (χ1) is 9.92. The molecule has 0 aliphatic rings. The van der Waals surface area contributed by atoms with Crippen LogP contribution in [0.1, 0.15) is 20.3 Å². The fourth-order valence-corrected chi connectivity index (χ4v) is 2.31. The third-order valence-corrected chi connectivity index (χ3v) is 3.28. The Morgan fingerprint density at radius 3 is 2.90 bits per heavy atom. The highest BCUT2D eigenvalue weighted by Gasteiger charge is 2.32. The van der Waals surface area contributed by atoms with Gasteiger partial charge in [-0.2, -0.15) is 0 Å². The molecular formula is C16H20N2O3. The van der Waals surface area contributed by atoms with E-state index in [4.69, 9.17) is 15.2 Å². The molecule has 5 heteroatoms. The predicted octanol–water partition coefficient (Wildman–Crippen LogP) is 2.28. The number of methoxy groups -OCH3 is 1. The van der Waals surface area contributed by atoms with E-state index >= 15 is 0 Å². The van der Waals surface area contributed by atoms with E-state index in [1.807, 2.05) is 37.3 Å². The lowest BCUT2D eigenvalue weighted by molar-refractivity contribution is -0.147. The van der Waals surface area contributed by atoms with Gasteiger partial charge < -0.3 is 15.2 Å². The van der Waals surface area contributed by atoms with Gasteiger partial charge in [0.15, 0.2) is 0 Å². The maximum absolute atomic E-state index is 11.6. The van der Waals surface area contributed by atoms with Crippen LogP contribution in [0.4, 0.5) is 0 Å². The van der Waals surface area contributed by atoms with E-state index in [1.165, 1.54) is 7.11 Å². The smallest absolute Gasteiger partial charge is 0.325 e. The molecule has 0 bridgehead atoms. The number of nitrogens with two attached hydrogens (primary N) is 1. The van der Waals surface area contributed by atoms with Crippen molar-refractivity contribution in [2.24, 2.45) is 5.73 Å². The van der Waals surface area contributed by atoms with Gasteiger partial charge in [-0.1, -0.05) is 6.07 Å². The zero-order valence-electron chi connectivity index (χ0n) is 12.5. The monoisotopic (exact) mass is 288 g/mol. The van der Waals surface area contributed by atoms with Crippen LogP contribution in [0.15, 0.2) is 36.5 Å². The summed E-state index contributed by atoms with van der Waals surface area (Å²) in [6, 6.07) is 9.59. The molecule has 1 aromatic carbocycles. The van der Waals surface area contributed by atoms with Crippen molar-refractivity contribution in [3.63, 3.8) is 0 Å². The minimum atomic E-state index is -1.07. The number of fused-ring (bicyclic) bond motifs is 1. The van der Waals surface area contributed by atoms with Gasteiger partial charge in [-0.25, -0.2) is 0 Å². The van der Waals surface area contributed by atoms with E-state index in [9.17, 15) is 4.79 Å². The van der Waals surface area contributed by atoms with Crippen LogP contribution < -0.4 is 10.5 Å². The second-order valence-corrected chi connectivity index (χ2v) is 5.40. The summed E-state index contributed by atoms with van der Waals surface area (Å²) >= 11 is 0. The van der Waals surface area contributed by atoms with Crippen molar-refractivity contribution in [3.05, 3.63) is 36.5 Å². The predicted molar refractivity (Wildman–Crippen MR) is 81.1 cm³/mol. The molecule has 0 fully saturated rings. The van der Waals surface area contributed by atoms with Crippen LogP contribution in [-0.2, 0) is 9.53 Å². The quantitative estimate of drug-likeness (QED) is 0.854. The van der Waals surface area contributed by atoms with Crippen LogP contribution in [-0.4, -0.2) is 29.7 Å². The lowest BCUT2D eigenvalue weighted by Gasteiger charge is -2.25. The first kappa shape index (κ1) is 15.3. The molecule has 0 spiro atoms. The third kappa shape index (κ3) is 3.70. The summed E-state index contributed by atoms with van der Waals surface area (Å²) in [5.41, 5.74) is 5.75. The van der Waals surface area contributed by atoms with E-state index in [1.54, 1.807) is 13.1 Å². The average Bonchev–Trinajstić information content (AvgIpc) is 2.45. The molecule has 2 aromatic rings. The first-order valence-corrected chi connectivity index (χ1v) is 6.81. The number of carbonyl (C=O) groups excluding carboxylic acids is 1. The highest BCUT2D eigenvalue weighted by molar-refractivity contribution is 5.80. The van der Waals surface area contributed by atoms with Gasteiger partial charge in [0, 0.05) is 24.1 Å². The molecule has 0 radical (unpaired) electrons. The molecule has 21 heavy (non-hydrogen) atoms. The highest BCUT2D eigenvalue weighted by atomic mass is 16.5. The van der Waals surface area contributed by atoms with Crippen molar-refractivity contribution < 1.29 is 14.3 Å². The molecular weight excluding hydrogens is 268 g/mol. The van der Waals surface area contributed by atoms with Crippen LogP contribution in [0, 0.1) is 0 Å². The van der Waals surface area contributed by atoms with E-state index in [2.05, 4.69) is 4.98 Å². The van der Waals surface area contributed by atoms with Gasteiger partial charge in [0.25, 0.3) is 0 Å². The molecule has 1 aromatic heterocycles. The number of aromatic nitrogens is 1. The lowest BCUT2D eigenvalue weighted by atomic mass is 9.96. The van der Waals surface area contributed by atoms with Crippen LogP contribution >= 0.6 is 0 Å². The summed E-state index contributed by atoms with van der Waals surface area (Å²) in [6.07, 6.45) is 1.88. The lowest BCUT2D eigenvalue weighted by Crippen LogP contribution is -2.48. The Hall–Kier alpha value is -2.14. The fraction of sp³-hybridized carbons (Fsp3) is 0.375. The minimum absolute atomic E-state index is 0.222. The average molecular weight is 288 g/mol. The van der Waals surface area contributed by atoms with E-state index in [0.717, 1.165) is 10.9 Å². The molecule has 0 aliphatic heterocycles. The Morgan fingerprint density at radius 2 is 2.19 bits per heavy atom. The van der Waals surface area contributed by atoms with Gasteiger partial charge in [0.2, 0.25) is 0 Å². The van der Waals surface area contributed by atoms with Gasteiger partial charge in [0.05, 0.1) is 18.7 Å². The van der Waals surface area contributed by atoms with Crippen LogP contribution in [0.25, 0.3) is 10.9 Å². The number of carbonyl (C=O) groups is 1. The zero-order valence-corrected chi connectivity index (χ0v) is 12.5. The van der Waals surface area contributed by atoms with Gasteiger partial charge in [-0.3, -0.25) is 9.78 Å². The van der Waals surface area contributed by atoms with Crippen molar-refractivity contribution in [2.45, 2.75) is 31.9 Å². The molecule has 2 N–H and O–H groups in total. The summed E-state index contributed by atoms with van der Waals surface area (Å²) in [7, 11) is 1.33. The zero-order chi connectivity index (χ0) is 15.5. The Balaban J connectivity index is 2.07. The minimum Gasteiger partial charge on any atom is -0.491 e. The number of pyridine rings is 1. The third-order valence-electron chi connectivity index (χ3n) is 3.28. The van der Waals surface area contributed by atoms with Gasteiger partial charge in [0.1, 0.15) is 11.3 Å². The second kappa shape index (κ2) is 6.10. The maximum Gasteiger partial charge on any atom is 0.325 e. The van der Waals surface area contributed by atoms with E-state index in [-0.39, 0.29) is 6.10 Å². The molecule has 0 amide bonds. The van der Waals surface area contributed by atoms with E-state index in [0.29, 0.717) is 12.2 Å². The van der Waals surface area contributed by atoms with Crippen LogP contribution in [0.5, 0.6) is 5.75 Å². The first-order valence-electron chi connectivity index (χ1n) is 6.81. The normalized spacial score (nSPS) is 15.2. The summed E-state index contributed by atoms with van der Waals surface area (Å²) in [5, 5.41) is 1.05. The SMILES string of the molecule is COC(=O)C(C)(N)CC(C)Oc1ccc2cccnc2c1. The summed E-state index contributed by atoms with van der Waals surface area (Å²) in [4.78, 5) is 15.9. The Morgan fingerprint density at radius 1 is 1.43 bits per heavy atom. The topological polar surface area (TPSA) is 74.4 Å². The number of ether oxygens (including phenoxy) is 2. The van der Waals surface area contributed by atoms with Crippen molar-refractivity contribution in [2.75, 3.05) is 7.11 Å². The molecule has 2 rings (SSSR count). The number of benzene rings is 1. The van der Waals surface area contributed by atoms with Crippen molar-refractivity contribution in [1.82, 2.24) is 4.98 Å². The van der Waals surface area contributed by atoms with Crippen LogP contribution in [0.3, 0.4) is 0 Å².